The van der Waals surface area contributed by atoms with E-state index < -0.39 is 0 Å². The van der Waals surface area contributed by atoms with Gasteiger partial charge in [0, 0.05) is 15.2 Å². The van der Waals surface area contributed by atoms with E-state index >= 15 is 0 Å². The zero-order valence-electron chi connectivity index (χ0n) is 8.88. The first-order valence-corrected chi connectivity index (χ1v) is 6.71. The standard InChI is InChI=1S/C12H14BrNS/c1-8(14-2)6-9-7-15-12-10(9)4-3-5-11(12)13/h3-5,7-8,14H,6H2,1-2H3. The maximum Gasteiger partial charge on any atom is 0.0487 e. The fourth-order valence-electron chi connectivity index (χ4n) is 1.67. The molecule has 1 N–H and O–H groups in total. The molecular formula is C12H14BrNS. The van der Waals surface area contributed by atoms with E-state index in [0.717, 1.165) is 6.42 Å². The maximum absolute atomic E-state index is 3.59. The molecule has 1 aromatic carbocycles. The average molecular weight is 284 g/mol. The summed E-state index contributed by atoms with van der Waals surface area (Å²) in [6, 6.07) is 6.94. The molecule has 0 aliphatic heterocycles. The molecule has 1 heterocycles. The molecule has 0 aliphatic carbocycles. The van der Waals surface area contributed by atoms with Crippen molar-refractivity contribution in [1.29, 1.82) is 0 Å². The van der Waals surface area contributed by atoms with Crippen molar-refractivity contribution in [3.63, 3.8) is 0 Å². The Morgan fingerprint density at radius 2 is 2.27 bits per heavy atom. The SMILES string of the molecule is CNC(C)Cc1csc2c(Br)cccc12. The van der Waals surface area contributed by atoms with Crippen LogP contribution >= 0.6 is 27.3 Å². The molecule has 0 bridgehead atoms. The Morgan fingerprint density at radius 3 is 3.00 bits per heavy atom. The highest BCUT2D eigenvalue weighted by Gasteiger charge is 2.08. The Kier molecular flexibility index (Phi) is 3.44. The highest BCUT2D eigenvalue weighted by molar-refractivity contribution is 9.10. The number of likely N-dealkylation sites (N-methyl/N-ethyl adjacent to an activating group) is 1. The number of benzene rings is 1. The van der Waals surface area contributed by atoms with Gasteiger partial charge in [-0.05, 0) is 58.7 Å². The van der Waals surface area contributed by atoms with Gasteiger partial charge in [0.15, 0.2) is 0 Å². The lowest BCUT2D eigenvalue weighted by Gasteiger charge is -2.08. The predicted molar refractivity (Wildman–Crippen MR) is 71.8 cm³/mol. The number of halogens is 1. The highest BCUT2D eigenvalue weighted by atomic mass is 79.9. The average Bonchev–Trinajstić information content (AvgIpc) is 2.63. The summed E-state index contributed by atoms with van der Waals surface area (Å²) in [5.74, 6) is 0. The lowest BCUT2D eigenvalue weighted by Crippen LogP contribution is -2.23. The van der Waals surface area contributed by atoms with Crippen molar-refractivity contribution in [3.05, 3.63) is 33.6 Å². The molecule has 80 valence electrons. The molecule has 0 amide bonds. The van der Waals surface area contributed by atoms with Crippen LogP contribution in [0.5, 0.6) is 0 Å². The predicted octanol–water partition coefficient (Wildman–Crippen LogP) is 3.81. The molecule has 0 fully saturated rings. The molecular weight excluding hydrogens is 270 g/mol. The summed E-state index contributed by atoms with van der Waals surface area (Å²) < 4.78 is 2.56. The fourth-order valence-corrected chi connectivity index (χ4v) is 3.30. The summed E-state index contributed by atoms with van der Waals surface area (Å²) in [7, 11) is 2.01. The van der Waals surface area contributed by atoms with Crippen molar-refractivity contribution < 1.29 is 0 Å². The topological polar surface area (TPSA) is 12.0 Å². The number of rotatable bonds is 3. The van der Waals surface area contributed by atoms with Crippen molar-refractivity contribution in [3.8, 4) is 0 Å². The first-order valence-electron chi connectivity index (χ1n) is 5.04. The number of hydrogen-bond donors (Lipinski definition) is 1. The van der Waals surface area contributed by atoms with Crippen molar-refractivity contribution in [2.24, 2.45) is 0 Å². The summed E-state index contributed by atoms with van der Waals surface area (Å²) in [4.78, 5) is 0. The molecule has 0 aliphatic rings. The number of nitrogens with one attached hydrogen (secondary N) is 1. The fraction of sp³-hybridized carbons (Fsp3) is 0.333. The molecule has 1 aromatic heterocycles. The first-order chi connectivity index (χ1) is 7.22. The van der Waals surface area contributed by atoms with Crippen LogP contribution in [0.4, 0.5) is 0 Å². The summed E-state index contributed by atoms with van der Waals surface area (Å²) in [6.07, 6.45) is 1.09. The summed E-state index contributed by atoms with van der Waals surface area (Å²) >= 11 is 5.41. The van der Waals surface area contributed by atoms with Gasteiger partial charge in [0.2, 0.25) is 0 Å². The van der Waals surface area contributed by atoms with E-state index in [4.69, 9.17) is 0 Å². The van der Waals surface area contributed by atoms with Crippen molar-refractivity contribution in [1.82, 2.24) is 5.32 Å². The van der Waals surface area contributed by atoms with Gasteiger partial charge in [-0.25, -0.2) is 0 Å². The molecule has 1 nitrogen and oxygen atoms in total. The third-order valence-electron chi connectivity index (χ3n) is 2.65. The second-order valence-corrected chi connectivity index (χ2v) is 5.51. The molecule has 15 heavy (non-hydrogen) atoms. The van der Waals surface area contributed by atoms with Gasteiger partial charge in [-0.3, -0.25) is 0 Å². The van der Waals surface area contributed by atoms with Crippen LogP contribution in [0.2, 0.25) is 0 Å². The smallest absolute Gasteiger partial charge is 0.0487 e. The van der Waals surface area contributed by atoms with E-state index in [1.165, 1.54) is 20.1 Å². The quantitative estimate of drug-likeness (QED) is 0.903. The Labute approximate surface area is 103 Å². The zero-order valence-corrected chi connectivity index (χ0v) is 11.3. The monoisotopic (exact) mass is 283 g/mol. The second kappa shape index (κ2) is 4.64. The van der Waals surface area contributed by atoms with Crippen molar-refractivity contribution in [2.75, 3.05) is 7.05 Å². The van der Waals surface area contributed by atoms with Crippen LogP contribution in [-0.4, -0.2) is 13.1 Å². The molecule has 1 atom stereocenters. The summed E-state index contributed by atoms with van der Waals surface area (Å²) in [6.45, 7) is 2.21. The number of fused-ring (bicyclic) bond motifs is 1. The lowest BCUT2D eigenvalue weighted by atomic mass is 10.1. The van der Waals surface area contributed by atoms with Crippen LogP contribution in [0.3, 0.4) is 0 Å². The Balaban J connectivity index is 2.41. The molecule has 1 unspecified atom stereocenters. The van der Waals surface area contributed by atoms with Gasteiger partial charge in [-0.1, -0.05) is 12.1 Å². The highest BCUT2D eigenvalue weighted by Crippen LogP contribution is 2.32. The van der Waals surface area contributed by atoms with Crippen molar-refractivity contribution in [2.45, 2.75) is 19.4 Å². The summed E-state index contributed by atoms with van der Waals surface area (Å²) in [5.41, 5.74) is 1.44. The van der Waals surface area contributed by atoms with Gasteiger partial charge in [0.1, 0.15) is 0 Å². The van der Waals surface area contributed by atoms with E-state index in [0.29, 0.717) is 6.04 Å². The third-order valence-corrected chi connectivity index (χ3v) is 4.65. The van der Waals surface area contributed by atoms with E-state index in [2.05, 4.69) is 51.7 Å². The molecule has 0 radical (unpaired) electrons. The van der Waals surface area contributed by atoms with Crippen LogP contribution in [-0.2, 0) is 6.42 Å². The van der Waals surface area contributed by atoms with Crippen LogP contribution in [0.25, 0.3) is 10.1 Å². The summed E-state index contributed by atoms with van der Waals surface area (Å²) in [5, 5.41) is 6.93. The van der Waals surface area contributed by atoms with Crippen LogP contribution in [0.15, 0.2) is 28.1 Å². The molecule has 0 saturated carbocycles. The number of thiophene rings is 1. The van der Waals surface area contributed by atoms with Crippen LogP contribution in [0, 0.1) is 0 Å². The Bertz CT molecular complexity index is 464. The van der Waals surface area contributed by atoms with Gasteiger partial charge in [-0.2, -0.15) is 0 Å². The maximum atomic E-state index is 3.59. The lowest BCUT2D eigenvalue weighted by molar-refractivity contribution is 0.611. The molecule has 2 rings (SSSR count). The third kappa shape index (κ3) is 2.25. The van der Waals surface area contributed by atoms with E-state index in [1.807, 2.05) is 18.4 Å². The van der Waals surface area contributed by atoms with Crippen molar-refractivity contribution >= 4 is 37.4 Å². The van der Waals surface area contributed by atoms with Gasteiger partial charge in [-0.15, -0.1) is 11.3 Å². The zero-order chi connectivity index (χ0) is 10.8. The van der Waals surface area contributed by atoms with E-state index in [9.17, 15) is 0 Å². The molecule has 0 saturated heterocycles. The Hall–Kier alpha value is -0.380. The molecule has 3 heteroatoms. The minimum atomic E-state index is 0.529. The van der Waals surface area contributed by atoms with Gasteiger partial charge in [0.05, 0.1) is 0 Å². The van der Waals surface area contributed by atoms with Crippen LogP contribution in [0.1, 0.15) is 12.5 Å². The van der Waals surface area contributed by atoms with Gasteiger partial charge >= 0.3 is 0 Å². The second-order valence-electron chi connectivity index (χ2n) is 3.77. The van der Waals surface area contributed by atoms with E-state index in [1.54, 1.807) is 0 Å². The molecule has 0 spiro atoms. The minimum absolute atomic E-state index is 0.529. The van der Waals surface area contributed by atoms with E-state index in [-0.39, 0.29) is 0 Å². The normalized spacial score (nSPS) is 13.3. The van der Waals surface area contributed by atoms with Crippen LogP contribution < -0.4 is 5.32 Å². The van der Waals surface area contributed by atoms with Gasteiger partial charge < -0.3 is 5.32 Å². The largest absolute Gasteiger partial charge is 0.317 e. The Morgan fingerprint density at radius 1 is 1.47 bits per heavy atom. The number of hydrogen-bond acceptors (Lipinski definition) is 2. The molecule has 2 aromatic rings. The first kappa shape index (κ1) is 11.1. The van der Waals surface area contributed by atoms with Gasteiger partial charge in [0.25, 0.3) is 0 Å². The minimum Gasteiger partial charge on any atom is -0.317 e.